The number of hydrogen-bond acceptors (Lipinski definition) is 3. The van der Waals surface area contributed by atoms with Crippen LogP contribution in [0.1, 0.15) is 40.0 Å². The highest BCUT2D eigenvalue weighted by Crippen LogP contribution is 2.22. The lowest BCUT2D eigenvalue weighted by molar-refractivity contribution is 0.372. The highest BCUT2D eigenvalue weighted by atomic mass is 35.5. The molecule has 0 bridgehead atoms. The van der Waals surface area contributed by atoms with Crippen molar-refractivity contribution in [2.75, 3.05) is 5.75 Å². The van der Waals surface area contributed by atoms with E-state index in [9.17, 15) is 5.26 Å². The summed E-state index contributed by atoms with van der Waals surface area (Å²) in [5.74, 6) is 1.07. The molecule has 1 unspecified atom stereocenters. The molecule has 0 saturated carbocycles. The lowest BCUT2D eigenvalue weighted by atomic mass is 9.96. The highest BCUT2D eigenvalue weighted by Gasteiger charge is 2.23. The molecule has 1 aromatic rings. The number of nitriles is 1. The number of thioether (sulfide) groups is 1. The smallest absolute Gasteiger partial charge is 0.104 e. The van der Waals surface area contributed by atoms with Crippen molar-refractivity contribution in [2.45, 2.75) is 56.5 Å². The molecular formula is C16H23ClN2S. The second-order valence-corrected chi connectivity index (χ2v) is 7.11. The average Bonchev–Trinajstić information content (AvgIpc) is 2.40. The van der Waals surface area contributed by atoms with Crippen molar-refractivity contribution in [3.8, 4) is 6.07 Å². The molecule has 0 fully saturated rings. The number of unbranched alkanes of at least 4 members (excludes halogenated alkanes) is 1. The fourth-order valence-electron chi connectivity index (χ4n) is 2.10. The van der Waals surface area contributed by atoms with Crippen LogP contribution < -0.4 is 5.32 Å². The minimum absolute atomic E-state index is 0.336. The number of nitrogens with one attached hydrogen (secondary N) is 1. The molecule has 0 aliphatic heterocycles. The molecule has 0 aromatic heterocycles. The van der Waals surface area contributed by atoms with Crippen LogP contribution in [-0.4, -0.2) is 17.3 Å². The predicted molar refractivity (Wildman–Crippen MR) is 88.3 cm³/mol. The molecule has 1 rings (SSSR count). The van der Waals surface area contributed by atoms with Crippen LogP contribution in [0.4, 0.5) is 0 Å². The maximum atomic E-state index is 9.26. The van der Waals surface area contributed by atoms with Crippen molar-refractivity contribution in [3.63, 3.8) is 0 Å². The van der Waals surface area contributed by atoms with Gasteiger partial charge in [0.05, 0.1) is 6.07 Å². The standard InChI is InChI=1S/C16H23ClN2S/c1-13(2)19-16(3,12-18)10-4-5-11-20-15-8-6-14(17)7-9-15/h6-9,13,19H,4-5,10-11H2,1-3H3. The van der Waals surface area contributed by atoms with E-state index < -0.39 is 5.54 Å². The van der Waals surface area contributed by atoms with E-state index >= 15 is 0 Å². The van der Waals surface area contributed by atoms with E-state index in [1.54, 1.807) is 0 Å². The third kappa shape index (κ3) is 6.65. The number of halogens is 1. The van der Waals surface area contributed by atoms with Crippen molar-refractivity contribution in [2.24, 2.45) is 0 Å². The lowest BCUT2D eigenvalue weighted by Gasteiger charge is -2.25. The largest absolute Gasteiger partial charge is 0.297 e. The average molecular weight is 311 g/mol. The number of nitrogens with zero attached hydrogens (tertiary/aromatic N) is 1. The van der Waals surface area contributed by atoms with Crippen LogP contribution in [0.5, 0.6) is 0 Å². The van der Waals surface area contributed by atoms with Crippen molar-refractivity contribution in [1.29, 1.82) is 5.26 Å². The molecule has 0 aliphatic carbocycles. The summed E-state index contributed by atoms with van der Waals surface area (Å²) >= 11 is 7.70. The summed E-state index contributed by atoms with van der Waals surface area (Å²) in [6.45, 7) is 6.14. The highest BCUT2D eigenvalue weighted by molar-refractivity contribution is 7.99. The van der Waals surface area contributed by atoms with Gasteiger partial charge in [-0.1, -0.05) is 11.6 Å². The lowest BCUT2D eigenvalue weighted by Crippen LogP contribution is -2.44. The molecular weight excluding hydrogens is 288 g/mol. The summed E-state index contributed by atoms with van der Waals surface area (Å²) in [6, 6.07) is 10.7. The van der Waals surface area contributed by atoms with E-state index in [2.05, 4.69) is 25.2 Å². The van der Waals surface area contributed by atoms with Gasteiger partial charge in [-0.3, -0.25) is 5.32 Å². The van der Waals surface area contributed by atoms with Gasteiger partial charge in [0.2, 0.25) is 0 Å². The first kappa shape index (κ1) is 17.4. The molecule has 0 heterocycles. The van der Waals surface area contributed by atoms with Crippen LogP contribution >= 0.6 is 23.4 Å². The van der Waals surface area contributed by atoms with Gasteiger partial charge < -0.3 is 0 Å². The first-order valence-corrected chi connectivity index (χ1v) is 8.39. The Morgan fingerprint density at radius 3 is 2.50 bits per heavy atom. The molecule has 0 radical (unpaired) electrons. The molecule has 1 aromatic carbocycles. The minimum Gasteiger partial charge on any atom is -0.297 e. The summed E-state index contributed by atoms with van der Waals surface area (Å²) in [7, 11) is 0. The normalized spacial score (nSPS) is 14.0. The third-order valence-corrected chi connectivity index (χ3v) is 4.36. The zero-order valence-electron chi connectivity index (χ0n) is 12.4. The topological polar surface area (TPSA) is 35.8 Å². The van der Waals surface area contributed by atoms with Crippen molar-refractivity contribution >= 4 is 23.4 Å². The van der Waals surface area contributed by atoms with Crippen molar-refractivity contribution in [1.82, 2.24) is 5.32 Å². The summed E-state index contributed by atoms with van der Waals surface area (Å²) in [6.07, 6.45) is 3.07. The summed E-state index contributed by atoms with van der Waals surface area (Å²) < 4.78 is 0. The minimum atomic E-state index is -0.404. The van der Waals surface area contributed by atoms with Gasteiger partial charge in [0.25, 0.3) is 0 Å². The molecule has 4 heteroatoms. The molecule has 0 amide bonds. The first-order valence-electron chi connectivity index (χ1n) is 7.02. The number of rotatable bonds is 8. The summed E-state index contributed by atoms with van der Waals surface area (Å²) in [5.41, 5.74) is -0.404. The van der Waals surface area contributed by atoms with Crippen LogP contribution in [-0.2, 0) is 0 Å². The first-order chi connectivity index (χ1) is 9.45. The Bertz CT molecular complexity index is 439. The quantitative estimate of drug-likeness (QED) is 0.549. The van der Waals surface area contributed by atoms with Crippen LogP contribution in [0.25, 0.3) is 0 Å². The Hall–Kier alpha value is -0.690. The van der Waals surface area contributed by atoms with Gasteiger partial charge in [-0.2, -0.15) is 5.26 Å². The zero-order chi connectivity index (χ0) is 15.0. The number of hydrogen-bond donors (Lipinski definition) is 1. The molecule has 1 atom stereocenters. The van der Waals surface area contributed by atoms with E-state index in [0.29, 0.717) is 6.04 Å². The van der Waals surface area contributed by atoms with Crippen molar-refractivity contribution < 1.29 is 0 Å². The number of benzene rings is 1. The second-order valence-electron chi connectivity index (χ2n) is 5.50. The van der Waals surface area contributed by atoms with E-state index in [0.717, 1.165) is 30.0 Å². The van der Waals surface area contributed by atoms with Gasteiger partial charge in [-0.25, -0.2) is 0 Å². The monoisotopic (exact) mass is 310 g/mol. The molecule has 110 valence electrons. The fraction of sp³-hybridized carbons (Fsp3) is 0.562. The van der Waals surface area contributed by atoms with Gasteiger partial charge >= 0.3 is 0 Å². The van der Waals surface area contributed by atoms with Gasteiger partial charge in [-0.05, 0) is 70.1 Å². The van der Waals surface area contributed by atoms with E-state index in [1.807, 2.05) is 43.0 Å². The van der Waals surface area contributed by atoms with E-state index in [1.165, 1.54) is 4.90 Å². The SMILES string of the molecule is CC(C)NC(C)(C#N)CCCCSc1ccc(Cl)cc1. The van der Waals surface area contributed by atoms with E-state index in [4.69, 9.17) is 11.6 Å². The Morgan fingerprint density at radius 1 is 1.30 bits per heavy atom. The molecule has 20 heavy (non-hydrogen) atoms. The molecule has 0 spiro atoms. The predicted octanol–water partition coefficient (Wildman–Crippen LogP) is 4.88. The summed E-state index contributed by atoms with van der Waals surface area (Å²) in [4.78, 5) is 1.25. The summed E-state index contributed by atoms with van der Waals surface area (Å²) in [5, 5.41) is 13.4. The van der Waals surface area contributed by atoms with Crippen LogP contribution in [0.15, 0.2) is 29.2 Å². The Labute approximate surface area is 131 Å². The Kier molecular flexibility index (Phi) is 7.43. The van der Waals surface area contributed by atoms with Crippen LogP contribution in [0.3, 0.4) is 0 Å². The molecule has 1 N–H and O–H groups in total. The Morgan fingerprint density at radius 2 is 1.95 bits per heavy atom. The molecule has 2 nitrogen and oxygen atoms in total. The van der Waals surface area contributed by atoms with Crippen LogP contribution in [0.2, 0.25) is 5.02 Å². The van der Waals surface area contributed by atoms with Crippen molar-refractivity contribution in [3.05, 3.63) is 29.3 Å². The molecule has 0 saturated heterocycles. The maximum Gasteiger partial charge on any atom is 0.104 e. The van der Waals surface area contributed by atoms with Gasteiger partial charge in [-0.15, -0.1) is 11.8 Å². The second kappa shape index (κ2) is 8.56. The van der Waals surface area contributed by atoms with Gasteiger partial charge in [0, 0.05) is 16.0 Å². The van der Waals surface area contributed by atoms with E-state index in [-0.39, 0.29) is 0 Å². The van der Waals surface area contributed by atoms with Gasteiger partial charge in [0.1, 0.15) is 5.54 Å². The Balaban J connectivity index is 2.24. The van der Waals surface area contributed by atoms with Gasteiger partial charge in [0.15, 0.2) is 0 Å². The molecule has 0 aliphatic rings. The fourth-order valence-corrected chi connectivity index (χ4v) is 3.14. The van der Waals surface area contributed by atoms with Crippen LogP contribution in [0, 0.1) is 11.3 Å². The third-order valence-electron chi connectivity index (χ3n) is 3.01. The zero-order valence-corrected chi connectivity index (χ0v) is 14.0. The maximum absolute atomic E-state index is 9.26.